The second-order valence-corrected chi connectivity index (χ2v) is 11.1. The molecule has 0 spiro atoms. The number of ether oxygens (including phenoxy) is 1. The molecule has 0 aliphatic carbocycles. The zero-order valence-electron chi connectivity index (χ0n) is 26.7. The second kappa shape index (κ2) is 17.8. The van der Waals surface area contributed by atoms with Gasteiger partial charge in [0.05, 0.1) is 11.3 Å². The maximum Gasteiger partial charge on any atom is 0.163 e. The molecule has 0 radical (unpaired) electrons. The van der Waals surface area contributed by atoms with E-state index in [-0.39, 0.29) is 11.5 Å². The molecule has 0 bridgehead atoms. The number of ketones is 1. The third kappa shape index (κ3) is 10.5. The average molecular weight is 571 g/mol. The Morgan fingerprint density at radius 2 is 1.60 bits per heavy atom. The number of rotatable bonds is 14. The Morgan fingerprint density at radius 3 is 2.19 bits per heavy atom. The van der Waals surface area contributed by atoms with Crippen LogP contribution in [0.4, 0.5) is 0 Å². The van der Waals surface area contributed by atoms with E-state index in [4.69, 9.17) is 4.74 Å². The maximum atomic E-state index is 11.8. The summed E-state index contributed by atoms with van der Waals surface area (Å²) in [6.07, 6.45) is 5.20. The van der Waals surface area contributed by atoms with E-state index >= 15 is 0 Å². The van der Waals surface area contributed by atoms with Crippen molar-refractivity contribution in [1.82, 2.24) is 5.43 Å². The Bertz CT molecular complexity index is 1320. The van der Waals surface area contributed by atoms with Crippen LogP contribution < -0.4 is 10.2 Å². The molecule has 5 nitrogen and oxygen atoms in total. The van der Waals surface area contributed by atoms with Crippen LogP contribution in [0.25, 0.3) is 5.57 Å². The SMILES string of the molecule is C=C(c1ccc(COc2ccc(C(C)=O)c(O)c2CCC)cc1)c1cccc(/C(C)=N/NCCC(C)C)c1.CCCC. The fraction of sp³-hybridized carbons (Fsp3) is 0.405. The van der Waals surface area contributed by atoms with Gasteiger partial charge in [-0.05, 0) is 78.6 Å². The normalized spacial score (nSPS) is 11.1. The molecule has 0 saturated carbocycles. The van der Waals surface area contributed by atoms with Gasteiger partial charge < -0.3 is 15.3 Å². The minimum atomic E-state index is -0.159. The third-order valence-corrected chi connectivity index (χ3v) is 7.02. The van der Waals surface area contributed by atoms with Crippen LogP contribution in [-0.2, 0) is 13.0 Å². The number of unbranched alkanes of at least 4 members (excludes halogenated alkanes) is 1. The molecule has 3 aromatic rings. The highest BCUT2D eigenvalue weighted by molar-refractivity contribution is 5.99. The molecule has 0 heterocycles. The lowest BCUT2D eigenvalue weighted by molar-refractivity contribution is 0.101. The number of benzene rings is 3. The van der Waals surface area contributed by atoms with Gasteiger partial charge in [-0.2, -0.15) is 5.10 Å². The molecule has 0 fully saturated rings. The van der Waals surface area contributed by atoms with Gasteiger partial charge >= 0.3 is 0 Å². The van der Waals surface area contributed by atoms with Crippen molar-refractivity contribution < 1.29 is 14.6 Å². The van der Waals surface area contributed by atoms with Crippen molar-refractivity contribution in [1.29, 1.82) is 0 Å². The van der Waals surface area contributed by atoms with Crippen molar-refractivity contribution in [2.75, 3.05) is 6.54 Å². The van der Waals surface area contributed by atoms with Gasteiger partial charge in [-0.25, -0.2) is 0 Å². The van der Waals surface area contributed by atoms with E-state index in [0.29, 0.717) is 35.8 Å². The number of phenolic OH excluding ortho intramolecular Hbond substituents is 1. The number of hydrogen-bond donors (Lipinski definition) is 2. The molecular formula is C37H50N2O3. The number of phenols is 1. The first-order chi connectivity index (χ1) is 20.1. The Kier molecular flexibility index (Phi) is 14.6. The number of hydrogen-bond acceptors (Lipinski definition) is 5. The van der Waals surface area contributed by atoms with Crippen molar-refractivity contribution in [2.45, 2.75) is 87.2 Å². The first kappa shape index (κ1) is 34.3. The predicted octanol–water partition coefficient (Wildman–Crippen LogP) is 9.35. The van der Waals surface area contributed by atoms with Gasteiger partial charge in [0.25, 0.3) is 0 Å². The summed E-state index contributed by atoms with van der Waals surface area (Å²) in [7, 11) is 0. The molecule has 2 N–H and O–H groups in total. The van der Waals surface area contributed by atoms with Crippen LogP contribution in [0.3, 0.4) is 0 Å². The molecule has 0 aliphatic heterocycles. The third-order valence-electron chi connectivity index (χ3n) is 7.02. The molecule has 0 unspecified atom stereocenters. The highest BCUT2D eigenvalue weighted by Crippen LogP contribution is 2.33. The number of aromatic hydroxyl groups is 1. The Balaban J connectivity index is 0.00000144. The summed E-state index contributed by atoms with van der Waals surface area (Å²) in [5, 5.41) is 15.1. The Morgan fingerprint density at radius 1 is 0.929 bits per heavy atom. The van der Waals surface area contributed by atoms with Gasteiger partial charge in [-0.15, -0.1) is 0 Å². The number of nitrogens with one attached hydrogen (secondary N) is 1. The molecule has 42 heavy (non-hydrogen) atoms. The number of Topliss-reactive ketones (excluding diaryl/α,β-unsaturated/α-hetero) is 1. The zero-order valence-corrected chi connectivity index (χ0v) is 26.7. The standard InChI is InChI=1S/C33H40N2O3.C4H10/c1-7-9-31-32(17-16-30(25(6)36)33(31)37)38-21-26-12-14-27(15-13-26)23(4)28-10-8-11-29(20-28)24(5)35-34-19-18-22(2)3;1-3-4-2/h8,10-17,20,22,34,37H,4,7,9,18-19,21H2,1-3,5-6H3;3-4H2,1-2H3/b35-24+;. The molecule has 0 atom stereocenters. The van der Waals surface area contributed by atoms with Crippen molar-refractivity contribution in [2.24, 2.45) is 11.0 Å². The molecule has 3 rings (SSSR count). The lowest BCUT2D eigenvalue weighted by Crippen LogP contribution is -2.13. The van der Waals surface area contributed by atoms with E-state index in [1.807, 2.05) is 44.2 Å². The quantitative estimate of drug-likeness (QED) is 0.0877. The first-order valence-corrected chi connectivity index (χ1v) is 15.3. The number of hydrazone groups is 1. The van der Waals surface area contributed by atoms with E-state index in [1.54, 1.807) is 12.1 Å². The number of nitrogens with zero attached hydrogens (tertiary/aromatic N) is 1. The van der Waals surface area contributed by atoms with Gasteiger partial charge in [0.2, 0.25) is 0 Å². The predicted molar refractivity (Wildman–Crippen MR) is 178 cm³/mol. The van der Waals surface area contributed by atoms with Gasteiger partial charge in [0.1, 0.15) is 18.1 Å². The highest BCUT2D eigenvalue weighted by atomic mass is 16.5. The largest absolute Gasteiger partial charge is 0.507 e. The molecule has 0 amide bonds. The maximum absolute atomic E-state index is 11.8. The smallest absolute Gasteiger partial charge is 0.163 e. The van der Waals surface area contributed by atoms with Crippen molar-refractivity contribution in [3.05, 3.63) is 101 Å². The summed E-state index contributed by atoms with van der Waals surface area (Å²) < 4.78 is 6.06. The van der Waals surface area contributed by atoms with Crippen LogP contribution in [0, 0.1) is 5.92 Å². The number of carbonyl (C=O) groups is 1. The average Bonchev–Trinajstić information content (AvgIpc) is 2.99. The molecule has 0 saturated heterocycles. The topological polar surface area (TPSA) is 70.9 Å². The lowest BCUT2D eigenvalue weighted by Gasteiger charge is -2.15. The van der Waals surface area contributed by atoms with Crippen LogP contribution >= 0.6 is 0 Å². The highest BCUT2D eigenvalue weighted by Gasteiger charge is 2.16. The van der Waals surface area contributed by atoms with E-state index in [2.05, 4.69) is 63.0 Å². The summed E-state index contributed by atoms with van der Waals surface area (Å²) in [6.45, 7) is 19.8. The summed E-state index contributed by atoms with van der Waals surface area (Å²) >= 11 is 0. The van der Waals surface area contributed by atoms with E-state index in [1.165, 1.54) is 19.8 Å². The fourth-order valence-electron chi connectivity index (χ4n) is 4.18. The molecule has 5 heteroatoms. The van der Waals surface area contributed by atoms with Crippen LogP contribution in [-0.4, -0.2) is 23.1 Å². The summed E-state index contributed by atoms with van der Waals surface area (Å²) in [5.41, 5.74) is 10.2. The number of carbonyl (C=O) groups excluding carboxylic acids is 1. The first-order valence-electron chi connectivity index (χ1n) is 15.3. The summed E-state index contributed by atoms with van der Waals surface area (Å²) in [5.74, 6) is 1.12. The van der Waals surface area contributed by atoms with Crippen LogP contribution in [0.5, 0.6) is 11.5 Å². The fourth-order valence-corrected chi connectivity index (χ4v) is 4.18. The molecule has 0 aliphatic rings. The van der Waals surface area contributed by atoms with Gasteiger partial charge in [0.15, 0.2) is 5.78 Å². The zero-order chi connectivity index (χ0) is 31.1. The van der Waals surface area contributed by atoms with Crippen LogP contribution in [0.15, 0.2) is 72.3 Å². The molecule has 0 aromatic heterocycles. The van der Waals surface area contributed by atoms with Crippen molar-refractivity contribution >= 4 is 17.1 Å². The van der Waals surface area contributed by atoms with Crippen molar-refractivity contribution in [3.8, 4) is 11.5 Å². The molecular weight excluding hydrogens is 520 g/mol. The van der Waals surface area contributed by atoms with E-state index < -0.39 is 0 Å². The Hall–Kier alpha value is -3.86. The van der Waals surface area contributed by atoms with E-state index in [0.717, 1.165) is 52.9 Å². The van der Waals surface area contributed by atoms with Gasteiger partial charge in [0, 0.05) is 12.1 Å². The Labute approximate surface area is 253 Å². The van der Waals surface area contributed by atoms with Crippen molar-refractivity contribution in [3.63, 3.8) is 0 Å². The molecule has 3 aromatic carbocycles. The second-order valence-electron chi connectivity index (χ2n) is 11.1. The van der Waals surface area contributed by atoms with Gasteiger partial charge in [-0.3, -0.25) is 4.79 Å². The monoisotopic (exact) mass is 570 g/mol. The molecule has 226 valence electrons. The minimum absolute atomic E-state index is 0.0253. The summed E-state index contributed by atoms with van der Waals surface area (Å²) in [4.78, 5) is 11.8. The lowest BCUT2D eigenvalue weighted by atomic mass is 9.96. The minimum Gasteiger partial charge on any atom is -0.507 e. The van der Waals surface area contributed by atoms with Crippen LogP contribution in [0.1, 0.15) is 112 Å². The summed E-state index contributed by atoms with van der Waals surface area (Å²) in [6, 6.07) is 19.8. The van der Waals surface area contributed by atoms with Gasteiger partial charge in [-0.1, -0.05) is 103 Å². The van der Waals surface area contributed by atoms with Crippen LogP contribution in [0.2, 0.25) is 0 Å². The van der Waals surface area contributed by atoms with E-state index in [9.17, 15) is 9.90 Å².